The molecule has 0 amide bonds. The molecule has 92 valence electrons. The lowest BCUT2D eigenvalue weighted by atomic mass is 10.1. The summed E-state index contributed by atoms with van der Waals surface area (Å²) in [5.41, 5.74) is 3.23. The molecule has 5 nitrogen and oxygen atoms in total. The summed E-state index contributed by atoms with van der Waals surface area (Å²) in [4.78, 5) is 3.21. The Morgan fingerprint density at radius 2 is 2.28 bits per heavy atom. The Morgan fingerprint density at radius 1 is 1.39 bits per heavy atom. The van der Waals surface area contributed by atoms with Crippen molar-refractivity contribution in [3.8, 4) is 5.69 Å². The van der Waals surface area contributed by atoms with E-state index in [4.69, 9.17) is 5.11 Å². The fourth-order valence-corrected chi connectivity index (χ4v) is 2.19. The largest absolute Gasteiger partial charge is 0.396 e. The molecule has 2 heterocycles. The molecular weight excluding hydrogens is 228 g/mol. The molecule has 0 fully saturated rings. The van der Waals surface area contributed by atoms with Gasteiger partial charge in [0, 0.05) is 29.4 Å². The first-order valence-electron chi connectivity index (χ1n) is 5.87. The van der Waals surface area contributed by atoms with E-state index in [1.54, 1.807) is 6.33 Å². The van der Waals surface area contributed by atoms with Crippen LogP contribution in [0.2, 0.25) is 0 Å². The molecule has 3 rings (SSSR count). The second-order valence-corrected chi connectivity index (χ2v) is 4.27. The Morgan fingerprint density at radius 3 is 3.00 bits per heavy atom. The summed E-state index contributed by atoms with van der Waals surface area (Å²) in [5.74, 6) is 0.855. The minimum Gasteiger partial charge on any atom is -0.396 e. The fraction of sp³-hybridized carbons (Fsp3) is 0.231. The van der Waals surface area contributed by atoms with E-state index >= 15 is 0 Å². The summed E-state index contributed by atoms with van der Waals surface area (Å²) in [6, 6.07) is 6.15. The Balaban J connectivity index is 2.15. The predicted octanol–water partition coefficient (Wildman–Crippen LogP) is 1.59. The van der Waals surface area contributed by atoms with Gasteiger partial charge in [-0.3, -0.25) is 4.57 Å². The second kappa shape index (κ2) is 4.27. The van der Waals surface area contributed by atoms with Crippen LogP contribution in [0.25, 0.3) is 16.6 Å². The van der Waals surface area contributed by atoms with Gasteiger partial charge in [0.1, 0.15) is 12.2 Å². The average Bonchev–Trinajstić information content (AvgIpc) is 2.96. The number of benzene rings is 1. The third-order valence-electron chi connectivity index (χ3n) is 3.13. The van der Waals surface area contributed by atoms with Crippen LogP contribution >= 0.6 is 0 Å². The standard InChI is InChI=1S/C13H14N4O/c1-9-16-15-8-17(9)11-2-3-13-12(6-11)10(4-5-18)7-14-13/h2-3,6-8,14,18H,4-5H2,1H3. The normalized spacial score (nSPS) is 11.2. The molecule has 0 aliphatic rings. The summed E-state index contributed by atoms with van der Waals surface area (Å²) in [7, 11) is 0. The number of aromatic nitrogens is 4. The molecule has 3 aromatic rings. The number of hydrogen-bond donors (Lipinski definition) is 2. The van der Waals surface area contributed by atoms with Gasteiger partial charge in [-0.1, -0.05) is 0 Å². The topological polar surface area (TPSA) is 66.7 Å². The van der Waals surface area contributed by atoms with Gasteiger partial charge < -0.3 is 10.1 Å². The van der Waals surface area contributed by atoms with Crippen molar-refractivity contribution in [1.29, 1.82) is 0 Å². The maximum Gasteiger partial charge on any atom is 0.134 e. The molecular formula is C13H14N4O. The Kier molecular flexibility index (Phi) is 2.60. The van der Waals surface area contributed by atoms with Crippen molar-refractivity contribution in [2.45, 2.75) is 13.3 Å². The molecule has 0 saturated heterocycles. The molecule has 0 atom stereocenters. The minimum atomic E-state index is 0.156. The van der Waals surface area contributed by atoms with Gasteiger partial charge in [0.05, 0.1) is 0 Å². The minimum absolute atomic E-state index is 0.156. The van der Waals surface area contributed by atoms with E-state index in [1.165, 1.54) is 0 Å². The van der Waals surface area contributed by atoms with Gasteiger partial charge in [0.15, 0.2) is 0 Å². The van der Waals surface area contributed by atoms with E-state index < -0.39 is 0 Å². The van der Waals surface area contributed by atoms with Gasteiger partial charge in [-0.25, -0.2) is 0 Å². The number of rotatable bonds is 3. The first-order valence-corrected chi connectivity index (χ1v) is 5.87. The van der Waals surface area contributed by atoms with Gasteiger partial charge in [-0.2, -0.15) is 0 Å². The van der Waals surface area contributed by atoms with E-state index in [9.17, 15) is 0 Å². The smallest absolute Gasteiger partial charge is 0.134 e. The van der Waals surface area contributed by atoms with Crippen molar-refractivity contribution in [1.82, 2.24) is 19.7 Å². The maximum absolute atomic E-state index is 9.06. The van der Waals surface area contributed by atoms with E-state index in [0.29, 0.717) is 6.42 Å². The van der Waals surface area contributed by atoms with Gasteiger partial charge in [0.2, 0.25) is 0 Å². The predicted molar refractivity (Wildman–Crippen MR) is 68.7 cm³/mol. The third kappa shape index (κ3) is 1.69. The number of H-pyrrole nitrogens is 1. The SMILES string of the molecule is Cc1nncn1-c1ccc2[nH]cc(CCO)c2c1. The summed E-state index contributed by atoms with van der Waals surface area (Å²) in [5, 5.41) is 18.1. The quantitative estimate of drug-likeness (QED) is 0.733. The van der Waals surface area contributed by atoms with E-state index in [1.807, 2.05) is 29.8 Å². The first-order chi connectivity index (χ1) is 8.79. The zero-order valence-electron chi connectivity index (χ0n) is 10.1. The Bertz CT molecular complexity index is 683. The van der Waals surface area contributed by atoms with Crippen molar-refractivity contribution in [3.05, 3.63) is 42.1 Å². The van der Waals surface area contributed by atoms with Crippen molar-refractivity contribution in [3.63, 3.8) is 0 Å². The highest BCUT2D eigenvalue weighted by Crippen LogP contribution is 2.22. The van der Waals surface area contributed by atoms with Gasteiger partial charge in [-0.15, -0.1) is 10.2 Å². The van der Waals surface area contributed by atoms with Crippen LogP contribution in [0, 0.1) is 6.92 Å². The molecule has 0 bridgehead atoms. The van der Waals surface area contributed by atoms with Crippen LogP contribution in [0.15, 0.2) is 30.7 Å². The maximum atomic E-state index is 9.06. The van der Waals surface area contributed by atoms with Crippen LogP contribution in [0.5, 0.6) is 0 Å². The molecule has 1 aromatic carbocycles. The number of fused-ring (bicyclic) bond motifs is 1. The number of nitrogens with zero attached hydrogens (tertiary/aromatic N) is 3. The molecule has 2 aromatic heterocycles. The van der Waals surface area contributed by atoms with Crippen molar-refractivity contribution in [2.75, 3.05) is 6.61 Å². The number of aryl methyl sites for hydroxylation is 1. The zero-order valence-corrected chi connectivity index (χ0v) is 10.1. The Hall–Kier alpha value is -2.14. The van der Waals surface area contributed by atoms with Crippen molar-refractivity contribution < 1.29 is 5.11 Å². The number of aliphatic hydroxyl groups is 1. The van der Waals surface area contributed by atoms with Gasteiger partial charge in [-0.05, 0) is 37.1 Å². The highest BCUT2D eigenvalue weighted by atomic mass is 16.2. The molecule has 2 N–H and O–H groups in total. The van der Waals surface area contributed by atoms with Crippen LogP contribution < -0.4 is 0 Å². The highest BCUT2D eigenvalue weighted by Gasteiger charge is 2.07. The lowest BCUT2D eigenvalue weighted by Crippen LogP contribution is -1.95. The molecule has 0 unspecified atom stereocenters. The van der Waals surface area contributed by atoms with Crippen LogP contribution in [-0.4, -0.2) is 31.5 Å². The van der Waals surface area contributed by atoms with Gasteiger partial charge >= 0.3 is 0 Å². The van der Waals surface area contributed by atoms with E-state index in [2.05, 4.69) is 21.2 Å². The molecule has 0 spiro atoms. The number of nitrogens with one attached hydrogen (secondary N) is 1. The molecule has 0 aliphatic heterocycles. The van der Waals surface area contributed by atoms with Crippen LogP contribution in [0.1, 0.15) is 11.4 Å². The lowest BCUT2D eigenvalue weighted by molar-refractivity contribution is 0.300. The lowest BCUT2D eigenvalue weighted by Gasteiger charge is -2.04. The van der Waals surface area contributed by atoms with E-state index in [0.717, 1.165) is 28.0 Å². The van der Waals surface area contributed by atoms with Crippen molar-refractivity contribution >= 4 is 10.9 Å². The molecule has 0 radical (unpaired) electrons. The average molecular weight is 242 g/mol. The summed E-state index contributed by atoms with van der Waals surface area (Å²) >= 11 is 0. The number of aliphatic hydroxyl groups excluding tert-OH is 1. The molecule has 0 saturated carbocycles. The third-order valence-corrected chi connectivity index (χ3v) is 3.13. The number of aromatic amines is 1. The molecule has 5 heteroatoms. The van der Waals surface area contributed by atoms with E-state index in [-0.39, 0.29) is 6.61 Å². The van der Waals surface area contributed by atoms with Crippen molar-refractivity contribution in [2.24, 2.45) is 0 Å². The zero-order chi connectivity index (χ0) is 12.5. The number of hydrogen-bond acceptors (Lipinski definition) is 3. The van der Waals surface area contributed by atoms with Crippen LogP contribution in [-0.2, 0) is 6.42 Å². The van der Waals surface area contributed by atoms with Crippen LogP contribution in [0.3, 0.4) is 0 Å². The highest BCUT2D eigenvalue weighted by molar-refractivity contribution is 5.85. The second-order valence-electron chi connectivity index (χ2n) is 4.27. The first kappa shape index (κ1) is 11.0. The summed E-state index contributed by atoms with van der Waals surface area (Å²) in [6.45, 7) is 2.08. The monoisotopic (exact) mass is 242 g/mol. The fourth-order valence-electron chi connectivity index (χ4n) is 2.19. The molecule has 0 aliphatic carbocycles. The molecule has 18 heavy (non-hydrogen) atoms. The van der Waals surface area contributed by atoms with Crippen LogP contribution in [0.4, 0.5) is 0 Å². The Labute approximate surface area is 104 Å². The van der Waals surface area contributed by atoms with Gasteiger partial charge in [0.25, 0.3) is 0 Å². The summed E-state index contributed by atoms with van der Waals surface area (Å²) in [6.07, 6.45) is 4.31. The summed E-state index contributed by atoms with van der Waals surface area (Å²) < 4.78 is 1.94.